The second kappa shape index (κ2) is 9.99. The van der Waals surface area contributed by atoms with Gasteiger partial charge in [-0.1, -0.05) is 35.2 Å². The molecule has 2 heterocycles. The number of aromatic nitrogens is 2. The van der Waals surface area contributed by atoms with E-state index in [0.717, 1.165) is 14.9 Å². The third-order valence-electron chi connectivity index (χ3n) is 3.52. The first kappa shape index (κ1) is 20.7. The Morgan fingerprint density at radius 3 is 2.72 bits per heavy atom. The van der Waals surface area contributed by atoms with Gasteiger partial charge in [-0.15, -0.1) is 10.2 Å². The van der Waals surface area contributed by atoms with Crippen LogP contribution in [-0.4, -0.2) is 40.6 Å². The zero-order valence-electron chi connectivity index (χ0n) is 15.7. The van der Waals surface area contributed by atoms with Crippen molar-refractivity contribution in [1.29, 1.82) is 0 Å². The van der Waals surface area contributed by atoms with Crippen LogP contribution in [0.4, 0.5) is 0 Å². The number of nitrogens with zero attached hydrogens (tertiary/aromatic N) is 3. The molecule has 0 fully saturated rings. The van der Waals surface area contributed by atoms with Crippen LogP contribution in [0.25, 0.3) is 11.3 Å². The van der Waals surface area contributed by atoms with Crippen molar-refractivity contribution in [2.45, 2.75) is 18.2 Å². The van der Waals surface area contributed by atoms with Crippen molar-refractivity contribution in [1.82, 2.24) is 15.6 Å². The van der Waals surface area contributed by atoms with Gasteiger partial charge < -0.3 is 9.15 Å². The predicted molar refractivity (Wildman–Crippen MR) is 111 cm³/mol. The number of carbonyl (C=O) groups excluding carboxylic acids is 2. The van der Waals surface area contributed by atoms with E-state index in [1.165, 1.54) is 29.3 Å². The fourth-order valence-corrected chi connectivity index (χ4v) is 3.83. The number of hydrazone groups is 1. The molecule has 1 aromatic carbocycles. The standard InChI is InChI=1S/C19H18N4O4S2/c1-3-26-18(25)14-6-4-13(5-7-14)16-9-8-15(27-16)10-20-22-17(24)11-28-19-23-21-12(2)29-19/h4-10H,3,11H2,1-2H3,(H,22,24)/b20-10-. The van der Waals surface area contributed by atoms with Crippen molar-refractivity contribution in [2.75, 3.05) is 12.4 Å². The average Bonchev–Trinajstić information content (AvgIpc) is 3.36. The van der Waals surface area contributed by atoms with E-state index in [1.54, 1.807) is 43.3 Å². The van der Waals surface area contributed by atoms with Gasteiger partial charge in [0.05, 0.1) is 24.1 Å². The predicted octanol–water partition coefficient (Wildman–Crippen LogP) is 3.53. The van der Waals surface area contributed by atoms with E-state index in [0.29, 0.717) is 23.7 Å². The van der Waals surface area contributed by atoms with E-state index in [9.17, 15) is 9.59 Å². The Labute approximate surface area is 175 Å². The van der Waals surface area contributed by atoms with Crippen molar-refractivity contribution in [2.24, 2.45) is 5.10 Å². The maximum absolute atomic E-state index is 11.8. The van der Waals surface area contributed by atoms with Crippen LogP contribution in [0, 0.1) is 6.92 Å². The van der Waals surface area contributed by atoms with Gasteiger partial charge in [0, 0.05) is 5.56 Å². The molecular weight excluding hydrogens is 412 g/mol. The number of benzene rings is 1. The van der Waals surface area contributed by atoms with E-state index in [2.05, 4.69) is 20.7 Å². The van der Waals surface area contributed by atoms with Crippen molar-refractivity contribution >= 4 is 41.2 Å². The van der Waals surface area contributed by atoms with Gasteiger partial charge in [-0.3, -0.25) is 4.79 Å². The van der Waals surface area contributed by atoms with Gasteiger partial charge in [-0.25, -0.2) is 10.2 Å². The average molecular weight is 431 g/mol. The fraction of sp³-hybridized carbons (Fsp3) is 0.211. The van der Waals surface area contributed by atoms with Gasteiger partial charge in [0.2, 0.25) is 0 Å². The quantitative estimate of drug-likeness (QED) is 0.252. The first-order valence-electron chi connectivity index (χ1n) is 8.67. The molecule has 1 N–H and O–H groups in total. The van der Waals surface area contributed by atoms with Gasteiger partial charge in [0.15, 0.2) is 4.34 Å². The molecule has 0 saturated carbocycles. The Morgan fingerprint density at radius 2 is 2.03 bits per heavy atom. The minimum absolute atomic E-state index is 0.197. The fourth-order valence-electron chi connectivity index (χ4n) is 2.23. The van der Waals surface area contributed by atoms with Crippen LogP contribution >= 0.6 is 23.1 Å². The Hall–Kier alpha value is -2.98. The van der Waals surface area contributed by atoms with Crippen LogP contribution in [0.15, 0.2) is 50.3 Å². The molecule has 0 bridgehead atoms. The Morgan fingerprint density at radius 1 is 1.24 bits per heavy atom. The second-order valence-corrected chi connectivity index (χ2v) is 8.07. The highest BCUT2D eigenvalue weighted by molar-refractivity contribution is 8.01. The number of esters is 1. The van der Waals surface area contributed by atoms with Crippen molar-refractivity contribution in [3.05, 3.63) is 52.7 Å². The summed E-state index contributed by atoms with van der Waals surface area (Å²) in [6.45, 7) is 3.95. The van der Waals surface area contributed by atoms with Crippen molar-refractivity contribution in [3.8, 4) is 11.3 Å². The minimum atomic E-state index is -0.360. The first-order chi connectivity index (χ1) is 14.0. The zero-order chi connectivity index (χ0) is 20.6. The largest absolute Gasteiger partial charge is 0.462 e. The van der Waals surface area contributed by atoms with Gasteiger partial charge >= 0.3 is 5.97 Å². The van der Waals surface area contributed by atoms with Crippen LogP contribution < -0.4 is 5.43 Å². The van der Waals surface area contributed by atoms with Gasteiger partial charge in [-0.2, -0.15) is 5.10 Å². The molecule has 0 spiro atoms. The molecule has 0 aliphatic heterocycles. The van der Waals surface area contributed by atoms with E-state index in [-0.39, 0.29) is 17.6 Å². The number of hydrogen-bond donors (Lipinski definition) is 1. The highest BCUT2D eigenvalue weighted by Gasteiger charge is 2.09. The molecule has 0 saturated heterocycles. The molecule has 150 valence electrons. The lowest BCUT2D eigenvalue weighted by Gasteiger charge is -2.02. The summed E-state index contributed by atoms with van der Waals surface area (Å²) in [7, 11) is 0. The van der Waals surface area contributed by atoms with E-state index in [1.807, 2.05) is 6.92 Å². The number of thioether (sulfide) groups is 1. The molecule has 0 unspecified atom stereocenters. The van der Waals surface area contributed by atoms with Gasteiger partial charge in [-0.05, 0) is 38.1 Å². The molecule has 0 atom stereocenters. The topological polar surface area (TPSA) is 107 Å². The molecule has 2 aromatic heterocycles. The van der Waals surface area contributed by atoms with Crippen molar-refractivity contribution in [3.63, 3.8) is 0 Å². The molecule has 3 aromatic rings. The van der Waals surface area contributed by atoms with Crippen molar-refractivity contribution < 1.29 is 18.7 Å². The number of amides is 1. The third-order valence-corrected chi connectivity index (χ3v) is 5.49. The highest BCUT2D eigenvalue weighted by Crippen LogP contribution is 2.23. The molecule has 3 rings (SSSR count). The lowest BCUT2D eigenvalue weighted by molar-refractivity contribution is -0.118. The maximum atomic E-state index is 11.8. The summed E-state index contributed by atoms with van der Waals surface area (Å²) in [5, 5.41) is 12.6. The smallest absolute Gasteiger partial charge is 0.338 e. The number of ether oxygens (including phenoxy) is 1. The molecule has 0 aliphatic rings. The maximum Gasteiger partial charge on any atom is 0.338 e. The summed E-state index contributed by atoms with van der Waals surface area (Å²) < 4.78 is 11.4. The summed E-state index contributed by atoms with van der Waals surface area (Å²) >= 11 is 2.74. The van der Waals surface area contributed by atoms with Crippen LogP contribution in [0.3, 0.4) is 0 Å². The number of furan rings is 1. The number of carbonyl (C=O) groups is 2. The third kappa shape index (κ3) is 6.00. The first-order valence-corrected chi connectivity index (χ1v) is 10.5. The minimum Gasteiger partial charge on any atom is -0.462 e. The molecule has 8 nitrogen and oxygen atoms in total. The lowest BCUT2D eigenvalue weighted by Crippen LogP contribution is -2.19. The number of nitrogens with one attached hydrogen (secondary N) is 1. The molecule has 29 heavy (non-hydrogen) atoms. The molecular formula is C19H18N4O4S2. The summed E-state index contributed by atoms with van der Waals surface area (Å²) in [6.07, 6.45) is 1.42. The van der Waals surface area contributed by atoms with E-state index < -0.39 is 0 Å². The SMILES string of the molecule is CCOC(=O)c1ccc(-c2ccc(/C=N\NC(=O)CSc3nnc(C)s3)o2)cc1. The van der Waals surface area contributed by atoms with Gasteiger partial charge in [0.1, 0.15) is 16.5 Å². The summed E-state index contributed by atoms with van der Waals surface area (Å²) in [5.74, 6) is 0.696. The number of aryl methyl sites for hydroxylation is 1. The van der Waals surface area contributed by atoms with Gasteiger partial charge in [0.25, 0.3) is 5.91 Å². The zero-order valence-corrected chi connectivity index (χ0v) is 17.4. The van der Waals surface area contributed by atoms with E-state index in [4.69, 9.17) is 9.15 Å². The van der Waals surface area contributed by atoms with Crippen LogP contribution in [-0.2, 0) is 9.53 Å². The van der Waals surface area contributed by atoms with E-state index >= 15 is 0 Å². The Balaban J connectivity index is 1.51. The molecule has 0 aliphatic carbocycles. The Kier molecular flexibility index (Phi) is 7.14. The molecule has 1 amide bonds. The summed E-state index contributed by atoms with van der Waals surface area (Å²) in [5.41, 5.74) is 3.73. The van der Waals surface area contributed by atoms with Crippen LogP contribution in [0.2, 0.25) is 0 Å². The monoisotopic (exact) mass is 430 g/mol. The summed E-state index contributed by atoms with van der Waals surface area (Å²) in [4.78, 5) is 23.5. The number of rotatable bonds is 8. The normalized spacial score (nSPS) is 11.0. The Bertz CT molecular complexity index is 1010. The molecule has 10 heteroatoms. The van der Waals surface area contributed by atoms with Crippen LogP contribution in [0.1, 0.15) is 28.0 Å². The van der Waals surface area contributed by atoms with Crippen LogP contribution in [0.5, 0.6) is 0 Å². The highest BCUT2D eigenvalue weighted by atomic mass is 32.2. The lowest BCUT2D eigenvalue weighted by atomic mass is 10.1. The number of hydrogen-bond acceptors (Lipinski definition) is 9. The molecule has 0 radical (unpaired) electrons. The summed E-state index contributed by atoms with van der Waals surface area (Å²) in [6, 6.07) is 10.4. The second-order valence-electron chi connectivity index (χ2n) is 5.67.